The van der Waals surface area contributed by atoms with Crippen molar-refractivity contribution in [3.63, 3.8) is 0 Å². The van der Waals surface area contributed by atoms with Gasteiger partial charge in [0.25, 0.3) is 5.91 Å². The van der Waals surface area contributed by atoms with Crippen LogP contribution >= 0.6 is 0 Å². The molecular formula is C19H21N9O4. The minimum atomic E-state index is -0.478. The smallest absolute Gasteiger partial charge is 0.256 e. The van der Waals surface area contributed by atoms with E-state index in [1.54, 1.807) is 0 Å². The highest BCUT2D eigenvalue weighted by molar-refractivity contribution is 5.99. The predicted molar refractivity (Wildman–Crippen MR) is 110 cm³/mol. The first-order valence-electron chi connectivity index (χ1n) is 10.2. The molecule has 166 valence electrons. The van der Waals surface area contributed by atoms with Crippen LogP contribution in [0.25, 0.3) is 0 Å². The third-order valence-corrected chi connectivity index (χ3v) is 5.71. The van der Waals surface area contributed by atoms with Crippen LogP contribution in [0, 0.1) is 11.3 Å². The number of nitrogens with one attached hydrogen (secondary N) is 3. The van der Waals surface area contributed by atoms with Crippen LogP contribution in [0.15, 0.2) is 12.5 Å². The molecule has 0 bridgehead atoms. The SMILES string of the molecule is CNC(=O)c1cnc(NC(=O)C2CC2)nc1Nc1ncnc(N2CC3(COCC3=O)C2)n1. The summed E-state index contributed by atoms with van der Waals surface area (Å²) in [5.74, 6) is 0.293. The van der Waals surface area contributed by atoms with Crippen molar-refractivity contribution < 1.29 is 19.1 Å². The number of nitrogens with zero attached hydrogens (tertiary/aromatic N) is 6. The number of Topliss-reactive ketones (excluding diaryl/α,β-unsaturated/α-hetero) is 1. The molecule has 2 saturated heterocycles. The van der Waals surface area contributed by atoms with Crippen LogP contribution in [0.3, 0.4) is 0 Å². The molecule has 2 aromatic rings. The largest absolute Gasteiger partial charge is 0.372 e. The number of hydrogen-bond donors (Lipinski definition) is 3. The van der Waals surface area contributed by atoms with Gasteiger partial charge in [0.05, 0.1) is 12.0 Å². The number of anilines is 4. The van der Waals surface area contributed by atoms with Crippen molar-refractivity contribution in [2.75, 3.05) is 48.9 Å². The Labute approximate surface area is 182 Å². The number of amides is 2. The molecule has 0 unspecified atom stereocenters. The Balaban J connectivity index is 1.35. The molecule has 2 aromatic heterocycles. The van der Waals surface area contributed by atoms with Crippen molar-refractivity contribution in [3.05, 3.63) is 18.1 Å². The van der Waals surface area contributed by atoms with Crippen LogP contribution in [0.4, 0.5) is 23.7 Å². The van der Waals surface area contributed by atoms with Crippen molar-refractivity contribution in [1.82, 2.24) is 30.2 Å². The molecule has 1 saturated carbocycles. The maximum absolute atomic E-state index is 12.3. The van der Waals surface area contributed by atoms with Gasteiger partial charge in [0, 0.05) is 32.3 Å². The summed E-state index contributed by atoms with van der Waals surface area (Å²) in [5, 5.41) is 8.10. The van der Waals surface area contributed by atoms with E-state index in [4.69, 9.17) is 4.74 Å². The molecule has 3 fully saturated rings. The molecule has 1 aliphatic carbocycles. The monoisotopic (exact) mass is 439 g/mol. The molecule has 0 atom stereocenters. The van der Waals surface area contributed by atoms with Crippen molar-refractivity contribution in [2.45, 2.75) is 12.8 Å². The fourth-order valence-corrected chi connectivity index (χ4v) is 3.67. The molecule has 2 amide bonds. The summed E-state index contributed by atoms with van der Waals surface area (Å²) in [6.07, 6.45) is 4.34. The Bertz CT molecular complexity index is 1100. The van der Waals surface area contributed by atoms with Gasteiger partial charge in [-0.3, -0.25) is 19.7 Å². The first-order chi connectivity index (χ1) is 15.5. The molecule has 0 aromatic carbocycles. The van der Waals surface area contributed by atoms with Gasteiger partial charge in [0.2, 0.25) is 23.8 Å². The number of rotatable bonds is 6. The molecular weight excluding hydrogens is 418 g/mol. The van der Waals surface area contributed by atoms with E-state index in [1.807, 2.05) is 4.90 Å². The molecule has 13 nitrogen and oxygen atoms in total. The van der Waals surface area contributed by atoms with Gasteiger partial charge in [-0.1, -0.05) is 0 Å². The molecule has 5 rings (SSSR count). The van der Waals surface area contributed by atoms with E-state index >= 15 is 0 Å². The number of hydrogen-bond acceptors (Lipinski definition) is 11. The second-order valence-electron chi connectivity index (χ2n) is 8.08. The van der Waals surface area contributed by atoms with Gasteiger partial charge in [-0.15, -0.1) is 0 Å². The van der Waals surface area contributed by atoms with E-state index in [1.165, 1.54) is 19.6 Å². The van der Waals surface area contributed by atoms with Gasteiger partial charge in [-0.05, 0) is 12.8 Å². The fraction of sp³-hybridized carbons (Fsp3) is 0.474. The van der Waals surface area contributed by atoms with Crippen LogP contribution in [-0.4, -0.2) is 75.9 Å². The summed E-state index contributed by atoms with van der Waals surface area (Å²) >= 11 is 0. The highest BCUT2D eigenvalue weighted by Gasteiger charge is 2.53. The number of carbonyl (C=O) groups is 3. The molecule has 0 radical (unpaired) electrons. The summed E-state index contributed by atoms with van der Waals surface area (Å²) < 4.78 is 5.28. The molecule has 32 heavy (non-hydrogen) atoms. The second kappa shape index (κ2) is 7.75. The van der Waals surface area contributed by atoms with E-state index < -0.39 is 11.3 Å². The Morgan fingerprint density at radius 3 is 2.66 bits per heavy atom. The number of aromatic nitrogens is 5. The number of ether oxygens (including phenoxy) is 1. The van der Waals surface area contributed by atoms with E-state index in [0.29, 0.717) is 25.6 Å². The lowest BCUT2D eigenvalue weighted by Gasteiger charge is -2.45. The van der Waals surface area contributed by atoms with E-state index in [9.17, 15) is 14.4 Å². The minimum absolute atomic E-state index is 0.0170. The Hall–Kier alpha value is -3.74. The fourth-order valence-electron chi connectivity index (χ4n) is 3.67. The lowest BCUT2D eigenvalue weighted by atomic mass is 9.78. The van der Waals surface area contributed by atoms with Gasteiger partial charge < -0.3 is 20.3 Å². The standard InChI is InChI=1S/C19H21N9O4/c1-20-15(31)11-4-21-16(26-14(30)10-2-3-10)24-13(11)25-17-22-9-23-18(27-17)28-6-19(7-28)8-32-5-12(19)29/h4,9-10H,2-3,5-8H2,1H3,(H,20,31)(H2,21,22,23,24,25,26,27,30). The Morgan fingerprint density at radius 2 is 1.97 bits per heavy atom. The van der Waals surface area contributed by atoms with E-state index in [-0.39, 0.29) is 47.5 Å². The molecule has 2 aliphatic heterocycles. The summed E-state index contributed by atoms with van der Waals surface area (Å²) in [7, 11) is 1.49. The van der Waals surface area contributed by atoms with Gasteiger partial charge in [0.1, 0.15) is 18.5 Å². The molecule has 4 heterocycles. The van der Waals surface area contributed by atoms with Gasteiger partial charge >= 0.3 is 0 Å². The topological polar surface area (TPSA) is 164 Å². The van der Waals surface area contributed by atoms with Crippen molar-refractivity contribution in [2.24, 2.45) is 11.3 Å². The lowest BCUT2D eigenvalue weighted by Crippen LogP contribution is -2.61. The molecule has 3 N–H and O–H groups in total. The average molecular weight is 439 g/mol. The molecule has 3 aliphatic rings. The van der Waals surface area contributed by atoms with E-state index in [0.717, 1.165) is 12.8 Å². The maximum atomic E-state index is 12.3. The van der Waals surface area contributed by atoms with Gasteiger partial charge in [-0.25, -0.2) is 15.0 Å². The summed E-state index contributed by atoms with van der Waals surface area (Å²) in [5.41, 5.74) is -0.316. The van der Waals surface area contributed by atoms with E-state index in [2.05, 4.69) is 40.9 Å². The zero-order chi connectivity index (χ0) is 22.3. The first-order valence-corrected chi connectivity index (χ1v) is 10.2. The quantitative estimate of drug-likeness (QED) is 0.532. The first kappa shape index (κ1) is 20.2. The van der Waals surface area contributed by atoms with Crippen LogP contribution in [0.2, 0.25) is 0 Å². The van der Waals surface area contributed by atoms with Gasteiger partial charge in [0.15, 0.2) is 11.6 Å². The summed E-state index contributed by atoms with van der Waals surface area (Å²) in [4.78, 5) is 59.2. The third kappa shape index (κ3) is 3.70. The minimum Gasteiger partial charge on any atom is -0.372 e. The van der Waals surface area contributed by atoms with Crippen LogP contribution in [-0.2, 0) is 14.3 Å². The average Bonchev–Trinajstić information content (AvgIpc) is 3.54. The van der Waals surface area contributed by atoms with Gasteiger partial charge in [-0.2, -0.15) is 9.97 Å². The second-order valence-corrected chi connectivity index (χ2v) is 8.08. The maximum Gasteiger partial charge on any atom is 0.256 e. The van der Waals surface area contributed by atoms with Crippen molar-refractivity contribution in [1.29, 1.82) is 0 Å². The Morgan fingerprint density at radius 1 is 1.16 bits per heavy atom. The highest BCUT2D eigenvalue weighted by Crippen LogP contribution is 2.37. The molecule has 13 heteroatoms. The summed E-state index contributed by atoms with van der Waals surface area (Å²) in [6.45, 7) is 1.50. The highest BCUT2D eigenvalue weighted by atomic mass is 16.5. The Kier molecular flexibility index (Phi) is 4.89. The van der Waals surface area contributed by atoms with Crippen molar-refractivity contribution in [3.8, 4) is 0 Å². The normalized spacial score (nSPS) is 18.9. The third-order valence-electron chi connectivity index (χ3n) is 5.71. The van der Waals surface area contributed by atoms with Crippen LogP contribution in [0.5, 0.6) is 0 Å². The predicted octanol–water partition coefficient (Wildman–Crippen LogP) is -0.481. The summed E-state index contributed by atoms with van der Waals surface area (Å²) in [6, 6.07) is 0. The van der Waals surface area contributed by atoms with Crippen molar-refractivity contribution >= 4 is 41.3 Å². The zero-order valence-corrected chi connectivity index (χ0v) is 17.3. The number of ketones is 1. The molecule has 1 spiro atoms. The van der Waals surface area contributed by atoms with Crippen LogP contribution < -0.4 is 20.9 Å². The van der Waals surface area contributed by atoms with Crippen LogP contribution in [0.1, 0.15) is 23.2 Å². The zero-order valence-electron chi connectivity index (χ0n) is 17.3. The number of carbonyl (C=O) groups excluding carboxylic acids is 3. The lowest BCUT2D eigenvalue weighted by molar-refractivity contribution is -0.125.